The SMILES string of the molecule is Cc1ccc2c(ccc3[c]([Eu+2])ccc(C)c32)c1. The Kier molecular flexibility index (Phi) is 3.10. The normalized spacial score (nSPS) is 11.2. The van der Waals surface area contributed by atoms with Gasteiger partial charge < -0.3 is 0 Å². The quantitative estimate of drug-likeness (QED) is 0.537. The molecule has 0 amide bonds. The van der Waals surface area contributed by atoms with Crippen LogP contribution >= 0.6 is 0 Å². The molecule has 0 aliphatic carbocycles. The first-order valence-electron chi connectivity index (χ1n) is 5.75. The molecule has 0 nitrogen and oxygen atoms in total. The van der Waals surface area contributed by atoms with Gasteiger partial charge in [0, 0.05) is 0 Å². The Labute approximate surface area is 134 Å². The zero-order chi connectivity index (χ0) is 12.0. The molecule has 0 spiro atoms. The molecule has 1 heteroatoms. The third kappa shape index (κ3) is 1.99. The maximum atomic E-state index is 2.26. The van der Waals surface area contributed by atoms with Gasteiger partial charge in [-0.2, -0.15) is 0 Å². The van der Waals surface area contributed by atoms with Crippen molar-refractivity contribution in [1.29, 1.82) is 0 Å². The average Bonchev–Trinajstić information content (AvgIpc) is 2.32. The van der Waals surface area contributed by atoms with Gasteiger partial charge in [-0.25, -0.2) is 0 Å². The van der Waals surface area contributed by atoms with E-state index in [0.717, 1.165) is 0 Å². The monoisotopic (exact) mass is 358 g/mol. The summed E-state index contributed by atoms with van der Waals surface area (Å²) in [5.41, 5.74) is 2.69. The van der Waals surface area contributed by atoms with Gasteiger partial charge in [-0.3, -0.25) is 0 Å². The van der Waals surface area contributed by atoms with Crippen molar-refractivity contribution >= 4 is 21.5 Å². The maximum absolute atomic E-state index is 2.26. The van der Waals surface area contributed by atoms with Crippen LogP contribution < -0.4 is -0.0424 Å². The Hall–Kier alpha value is -0.236. The fourth-order valence-corrected chi connectivity index (χ4v) is 3.15. The van der Waals surface area contributed by atoms with Crippen LogP contribution in [0.3, 0.4) is 0 Å². The molecule has 0 aliphatic rings. The predicted molar refractivity (Wildman–Crippen MR) is 70.6 cm³/mol. The molecule has 0 atom stereocenters. The van der Waals surface area contributed by atoms with E-state index in [4.69, 9.17) is 0 Å². The van der Waals surface area contributed by atoms with Gasteiger partial charge >= 0.3 is 136 Å². The number of hydrogen-bond donors (Lipinski definition) is 0. The van der Waals surface area contributed by atoms with Gasteiger partial charge in [0.1, 0.15) is 0 Å². The summed E-state index contributed by atoms with van der Waals surface area (Å²) in [6.45, 7) is 4.35. The van der Waals surface area contributed by atoms with E-state index in [1.165, 1.54) is 32.6 Å². The van der Waals surface area contributed by atoms with E-state index >= 15 is 0 Å². The topological polar surface area (TPSA) is 0 Å². The fourth-order valence-electron chi connectivity index (χ4n) is 2.44. The molecule has 0 bridgehead atoms. The Bertz CT molecular complexity index is 726. The number of fused-ring (bicyclic) bond motifs is 3. The third-order valence-corrected chi connectivity index (χ3v) is 4.36. The predicted octanol–water partition coefficient (Wildman–Crippen LogP) is 3.78. The van der Waals surface area contributed by atoms with Gasteiger partial charge in [-0.15, -0.1) is 0 Å². The van der Waals surface area contributed by atoms with Crippen molar-refractivity contribution in [2.75, 3.05) is 0 Å². The minimum absolute atomic E-state index is 1.32. The standard InChI is InChI=1S/C16H13.Eu/c1-11-6-9-15-14(10-11)8-7-13-5-3-4-12(2)16(13)15;/h3-4,6-10H,1-2H3;/q;+2. The van der Waals surface area contributed by atoms with Gasteiger partial charge in [0.2, 0.25) is 0 Å². The van der Waals surface area contributed by atoms with Crippen molar-refractivity contribution in [2.45, 2.75) is 13.8 Å². The molecule has 0 unspecified atom stereocenters. The molecule has 0 radical (unpaired) electrons. The molecule has 3 aromatic carbocycles. The van der Waals surface area contributed by atoms with E-state index in [1.807, 2.05) is 0 Å². The number of hydrogen-bond acceptors (Lipinski definition) is 0. The first-order chi connectivity index (χ1) is 8.16. The van der Waals surface area contributed by atoms with Crippen LogP contribution in [-0.2, 0) is 0 Å². The summed E-state index contributed by atoms with van der Waals surface area (Å²) in [7, 11) is 0. The molecule has 0 aliphatic heterocycles. The Balaban J connectivity index is 2.59. The Morgan fingerprint density at radius 3 is 2.41 bits per heavy atom. The van der Waals surface area contributed by atoms with Crippen LogP contribution in [-0.4, -0.2) is 0 Å². The van der Waals surface area contributed by atoms with Gasteiger partial charge in [0.05, 0.1) is 0 Å². The van der Waals surface area contributed by atoms with E-state index in [9.17, 15) is 0 Å². The number of rotatable bonds is 0. The second-order valence-electron chi connectivity index (χ2n) is 4.58. The van der Waals surface area contributed by atoms with E-state index in [2.05, 4.69) is 56.3 Å². The molecule has 0 heterocycles. The zero-order valence-corrected chi connectivity index (χ0v) is 12.3. The van der Waals surface area contributed by atoms with Crippen LogP contribution in [0.1, 0.15) is 11.1 Å². The van der Waals surface area contributed by atoms with Crippen molar-refractivity contribution in [3.63, 3.8) is 0 Å². The summed E-state index contributed by atoms with van der Waals surface area (Å²) >= 11 is 1.75. The summed E-state index contributed by atoms with van der Waals surface area (Å²) in [5.74, 6) is 0. The average molecular weight is 357 g/mol. The molecule has 17 heavy (non-hydrogen) atoms. The van der Waals surface area contributed by atoms with Crippen LogP contribution in [0.4, 0.5) is 0 Å². The molecule has 0 N–H and O–H groups in total. The molecular formula is C16H13Eu+2. The van der Waals surface area contributed by atoms with E-state index in [1.54, 1.807) is 47.0 Å². The second kappa shape index (κ2) is 4.46. The molecule has 3 rings (SSSR count). The summed E-state index contributed by atoms with van der Waals surface area (Å²) < 4.78 is 1.41. The molecule has 82 valence electrons. The zero-order valence-electron chi connectivity index (χ0n) is 9.92. The summed E-state index contributed by atoms with van der Waals surface area (Å²) in [6, 6.07) is 15.7. The fraction of sp³-hybridized carbons (Fsp3) is 0.125. The van der Waals surface area contributed by atoms with E-state index in [0.29, 0.717) is 0 Å². The number of aryl methyl sites for hydroxylation is 2. The molecule has 0 saturated carbocycles. The molecule has 0 aromatic heterocycles. The van der Waals surface area contributed by atoms with Crippen LogP contribution in [0, 0.1) is 60.9 Å². The van der Waals surface area contributed by atoms with Gasteiger partial charge in [-0.05, 0) is 0 Å². The molecular weight excluding hydrogens is 344 g/mol. The van der Waals surface area contributed by atoms with Crippen molar-refractivity contribution < 1.29 is 47.0 Å². The van der Waals surface area contributed by atoms with Gasteiger partial charge in [0.25, 0.3) is 0 Å². The van der Waals surface area contributed by atoms with Crippen molar-refractivity contribution in [3.8, 4) is 0 Å². The van der Waals surface area contributed by atoms with Crippen LogP contribution in [0.2, 0.25) is 0 Å². The van der Waals surface area contributed by atoms with Crippen LogP contribution in [0.15, 0.2) is 42.5 Å². The Morgan fingerprint density at radius 2 is 1.59 bits per heavy atom. The molecule has 0 saturated heterocycles. The van der Waals surface area contributed by atoms with Crippen molar-refractivity contribution in [2.24, 2.45) is 0 Å². The molecule has 3 aromatic rings. The van der Waals surface area contributed by atoms with Crippen LogP contribution in [0.25, 0.3) is 21.5 Å². The first kappa shape index (κ1) is 11.8. The summed E-state index contributed by atoms with van der Waals surface area (Å²) in [4.78, 5) is 0. The molecule has 0 fully saturated rings. The third-order valence-electron chi connectivity index (χ3n) is 3.31. The van der Waals surface area contributed by atoms with Gasteiger partial charge in [0.15, 0.2) is 0 Å². The number of benzene rings is 3. The van der Waals surface area contributed by atoms with Crippen molar-refractivity contribution in [1.82, 2.24) is 0 Å². The van der Waals surface area contributed by atoms with E-state index < -0.39 is 0 Å². The first-order valence-corrected chi connectivity index (χ1v) is 6.96. The Morgan fingerprint density at radius 1 is 0.824 bits per heavy atom. The summed E-state index contributed by atoms with van der Waals surface area (Å²) in [6.07, 6.45) is 0. The van der Waals surface area contributed by atoms with Crippen molar-refractivity contribution in [3.05, 3.63) is 53.6 Å². The second-order valence-corrected chi connectivity index (χ2v) is 5.88. The van der Waals surface area contributed by atoms with Crippen LogP contribution in [0.5, 0.6) is 0 Å². The minimum atomic E-state index is 1.32. The van der Waals surface area contributed by atoms with Gasteiger partial charge in [-0.1, -0.05) is 0 Å². The van der Waals surface area contributed by atoms with E-state index in [-0.39, 0.29) is 0 Å². The summed E-state index contributed by atoms with van der Waals surface area (Å²) in [5, 5.41) is 5.54.